The van der Waals surface area contributed by atoms with Gasteiger partial charge < -0.3 is 0 Å². The zero-order chi connectivity index (χ0) is 20.9. The van der Waals surface area contributed by atoms with Crippen LogP contribution in [0.1, 0.15) is 23.9 Å². The van der Waals surface area contributed by atoms with Crippen LogP contribution in [0.3, 0.4) is 0 Å². The van der Waals surface area contributed by atoms with E-state index in [2.05, 4.69) is 26.2 Å². The lowest BCUT2D eigenvalue weighted by Crippen LogP contribution is -2.45. The topological polar surface area (TPSA) is 52.6 Å². The average Bonchev–Trinajstić information content (AvgIpc) is 3.19. The summed E-state index contributed by atoms with van der Waals surface area (Å²) in [5, 5.41) is 2.80. The molecule has 0 spiro atoms. The van der Waals surface area contributed by atoms with E-state index in [0.29, 0.717) is 0 Å². The Hall–Kier alpha value is -2.61. The Bertz CT molecular complexity index is 965. The first-order chi connectivity index (χ1) is 14.6. The highest BCUT2D eigenvalue weighted by molar-refractivity contribution is 7.14. The van der Waals surface area contributed by atoms with Crippen LogP contribution in [0.5, 0.6) is 0 Å². The lowest BCUT2D eigenvalue weighted by Gasteiger charge is -2.34. The molecule has 0 atom stereocenters. The number of aromatic nitrogens is 2. The Balaban J connectivity index is 1.35. The molecule has 1 amide bonds. The molecule has 3 heterocycles. The Morgan fingerprint density at radius 2 is 1.67 bits per heavy atom. The van der Waals surface area contributed by atoms with E-state index in [-0.39, 0.29) is 5.91 Å². The molecule has 1 aliphatic rings. The van der Waals surface area contributed by atoms with Gasteiger partial charge in [0.2, 0.25) is 5.91 Å². The van der Waals surface area contributed by atoms with Crippen LogP contribution in [0.15, 0.2) is 54.0 Å². The highest BCUT2D eigenvalue weighted by Crippen LogP contribution is 2.29. The number of anilines is 2. The lowest BCUT2D eigenvalue weighted by atomic mass is 10.2. The minimum atomic E-state index is -0.0251. The minimum Gasteiger partial charge on any atom is -0.295 e. The third-order valence-electron chi connectivity index (χ3n) is 5.30. The van der Waals surface area contributed by atoms with Crippen LogP contribution >= 0.6 is 11.3 Å². The predicted octanol–water partition coefficient (Wildman–Crippen LogP) is 3.85. The van der Waals surface area contributed by atoms with Crippen LogP contribution < -0.4 is 4.90 Å². The van der Waals surface area contributed by atoms with Crippen molar-refractivity contribution in [2.24, 2.45) is 0 Å². The number of piperazine rings is 1. The molecule has 2 aromatic heterocycles. The van der Waals surface area contributed by atoms with Gasteiger partial charge in [0.1, 0.15) is 0 Å². The Kier molecular flexibility index (Phi) is 6.52. The number of pyridine rings is 1. The normalized spacial score (nSPS) is 15.3. The van der Waals surface area contributed by atoms with Crippen LogP contribution in [0.2, 0.25) is 0 Å². The number of rotatable bonds is 6. The second kappa shape index (κ2) is 9.47. The molecule has 30 heavy (non-hydrogen) atoms. The van der Waals surface area contributed by atoms with Crippen molar-refractivity contribution in [1.82, 2.24) is 19.8 Å². The summed E-state index contributed by atoms with van der Waals surface area (Å²) >= 11 is 1.52. The van der Waals surface area contributed by atoms with Gasteiger partial charge in [-0.15, -0.1) is 11.3 Å². The molecule has 3 aromatic rings. The molecule has 0 aliphatic carbocycles. The maximum Gasteiger partial charge on any atom is 0.230 e. The molecule has 156 valence electrons. The molecule has 4 rings (SSSR count). The fraction of sp³-hybridized carbons (Fsp3) is 0.348. The number of hydrogen-bond acceptors (Lipinski definition) is 6. The third-order valence-corrected chi connectivity index (χ3v) is 6.17. The van der Waals surface area contributed by atoms with Gasteiger partial charge >= 0.3 is 0 Å². The molecule has 1 aliphatic heterocycles. The molecule has 6 nitrogen and oxygen atoms in total. The van der Waals surface area contributed by atoms with E-state index in [1.165, 1.54) is 16.9 Å². The number of carbonyl (C=O) groups is 1. The third kappa shape index (κ3) is 5.11. The summed E-state index contributed by atoms with van der Waals surface area (Å²) in [6.45, 7) is 9.41. The highest BCUT2D eigenvalue weighted by atomic mass is 32.1. The van der Waals surface area contributed by atoms with E-state index in [0.717, 1.165) is 61.5 Å². The predicted molar refractivity (Wildman–Crippen MR) is 121 cm³/mol. The zero-order valence-corrected chi connectivity index (χ0v) is 18.3. The standard InChI is InChI=1S/C23H27N5OS/c1-18-6-8-22(9-7-18)28(19(2)29)23-25-21(17-30-23)16-27-13-11-26(12-14-27)15-20-5-3-4-10-24-20/h3-10,17H,11-16H2,1-2H3. The van der Waals surface area contributed by atoms with Crippen molar-refractivity contribution < 1.29 is 4.79 Å². The summed E-state index contributed by atoms with van der Waals surface area (Å²) in [5.74, 6) is -0.0251. The number of amides is 1. The monoisotopic (exact) mass is 421 g/mol. The summed E-state index contributed by atoms with van der Waals surface area (Å²) in [6, 6.07) is 14.1. The molecule has 0 bridgehead atoms. The van der Waals surface area contributed by atoms with Crippen molar-refractivity contribution in [3.63, 3.8) is 0 Å². The Morgan fingerprint density at radius 1 is 1.00 bits per heavy atom. The minimum absolute atomic E-state index is 0.0251. The van der Waals surface area contributed by atoms with Crippen LogP contribution in [-0.2, 0) is 17.9 Å². The molecule has 1 aromatic carbocycles. The number of hydrogen-bond donors (Lipinski definition) is 0. The van der Waals surface area contributed by atoms with Gasteiger partial charge in [0.05, 0.1) is 17.1 Å². The molecule has 0 saturated carbocycles. The summed E-state index contributed by atoms with van der Waals surface area (Å²) in [6.07, 6.45) is 1.85. The number of nitrogens with zero attached hydrogens (tertiary/aromatic N) is 5. The molecule has 1 fully saturated rings. The van der Waals surface area contributed by atoms with Crippen LogP contribution in [-0.4, -0.2) is 51.9 Å². The van der Waals surface area contributed by atoms with Gasteiger partial charge in [-0.3, -0.25) is 24.5 Å². The number of aryl methyl sites for hydroxylation is 1. The maximum absolute atomic E-state index is 12.3. The number of carbonyl (C=O) groups excluding carboxylic acids is 1. The molecule has 7 heteroatoms. The lowest BCUT2D eigenvalue weighted by molar-refractivity contribution is -0.115. The first-order valence-electron chi connectivity index (χ1n) is 10.2. The molecular weight excluding hydrogens is 394 g/mol. The van der Waals surface area contributed by atoms with Crippen LogP contribution in [0, 0.1) is 6.92 Å². The van der Waals surface area contributed by atoms with Gasteiger partial charge in [-0.05, 0) is 31.2 Å². The first kappa shape index (κ1) is 20.7. The summed E-state index contributed by atoms with van der Waals surface area (Å²) in [4.78, 5) is 28.0. The van der Waals surface area contributed by atoms with E-state index < -0.39 is 0 Å². The smallest absolute Gasteiger partial charge is 0.230 e. The number of thiazole rings is 1. The Morgan fingerprint density at radius 3 is 2.27 bits per heavy atom. The van der Waals surface area contributed by atoms with Gasteiger partial charge in [0, 0.05) is 57.8 Å². The van der Waals surface area contributed by atoms with Gasteiger partial charge in [-0.2, -0.15) is 0 Å². The summed E-state index contributed by atoms with van der Waals surface area (Å²) in [5.41, 5.74) is 4.17. The molecular formula is C23H27N5OS. The quantitative estimate of drug-likeness (QED) is 0.605. The van der Waals surface area contributed by atoms with E-state index >= 15 is 0 Å². The maximum atomic E-state index is 12.3. The zero-order valence-electron chi connectivity index (χ0n) is 17.5. The summed E-state index contributed by atoms with van der Waals surface area (Å²) < 4.78 is 0. The fourth-order valence-electron chi connectivity index (χ4n) is 3.65. The van der Waals surface area contributed by atoms with E-state index in [1.807, 2.05) is 49.5 Å². The fourth-order valence-corrected chi connectivity index (χ4v) is 4.53. The highest BCUT2D eigenvalue weighted by Gasteiger charge is 2.21. The van der Waals surface area contributed by atoms with Gasteiger partial charge in [0.15, 0.2) is 5.13 Å². The molecule has 0 radical (unpaired) electrons. The van der Waals surface area contributed by atoms with Crippen molar-refractivity contribution >= 4 is 28.1 Å². The van der Waals surface area contributed by atoms with E-state index in [9.17, 15) is 4.79 Å². The van der Waals surface area contributed by atoms with Crippen molar-refractivity contribution in [2.45, 2.75) is 26.9 Å². The molecule has 0 N–H and O–H groups in total. The van der Waals surface area contributed by atoms with Crippen molar-refractivity contribution in [3.05, 3.63) is 71.0 Å². The van der Waals surface area contributed by atoms with Gasteiger partial charge in [-0.1, -0.05) is 23.8 Å². The van der Waals surface area contributed by atoms with Crippen molar-refractivity contribution in [2.75, 3.05) is 31.1 Å². The largest absolute Gasteiger partial charge is 0.295 e. The van der Waals surface area contributed by atoms with Gasteiger partial charge in [0.25, 0.3) is 0 Å². The average molecular weight is 422 g/mol. The SMILES string of the molecule is CC(=O)N(c1ccc(C)cc1)c1nc(CN2CCN(Cc3ccccn3)CC2)cs1. The summed E-state index contributed by atoms with van der Waals surface area (Å²) in [7, 11) is 0. The number of benzene rings is 1. The molecule has 0 unspecified atom stereocenters. The Labute approximate surface area is 181 Å². The molecule has 1 saturated heterocycles. The van der Waals surface area contributed by atoms with Crippen molar-refractivity contribution in [3.8, 4) is 0 Å². The van der Waals surface area contributed by atoms with E-state index in [1.54, 1.807) is 11.8 Å². The van der Waals surface area contributed by atoms with Crippen LogP contribution in [0.4, 0.5) is 10.8 Å². The van der Waals surface area contributed by atoms with Crippen molar-refractivity contribution in [1.29, 1.82) is 0 Å². The second-order valence-corrected chi connectivity index (χ2v) is 8.52. The first-order valence-corrected chi connectivity index (χ1v) is 11.1. The second-order valence-electron chi connectivity index (χ2n) is 7.68. The van der Waals surface area contributed by atoms with Gasteiger partial charge in [-0.25, -0.2) is 4.98 Å². The van der Waals surface area contributed by atoms with E-state index in [4.69, 9.17) is 4.98 Å². The van der Waals surface area contributed by atoms with Crippen LogP contribution in [0.25, 0.3) is 0 Å².